The summed E-state index contributed by atoms with van der Waals surface area (Å²) >= 11 is 0. The summed E-state index contributed by atoms with van der Waals surface area (Å²) in [4.78, 5) is 17.1. The Morgan fingerprint density at radius 1 is 1.00 bits per heavy atom. The van der Waals surface area contributed by atoms with Gasteiger partial charge in [0.2, 0.25) is 0 Å². The monoisotopic (exact) mass is 696 g/mol. The van der Waals surface area contributed by atoms with Gasteiger partial charge >= 0.3 is 5.97 Å². The highest BCUT2D eigenvalue weighted by Gasteiger charge is 2.42. The number of carboxylic acid groups (broad SMARTS) is 1. The van der Waals surface area contributed by atoms with Crippen molar-refractivity contribution in [2.45, 2.75) is 90.3 Å². The Labute approximate surface area is 293 Å². The Bertz CT molecular complexity index is 1350. The predicted octanol–water partition coefficient (Wildman–Crippen LogP) is 8.07. The van der Waals surface area contributed by atoms with Crippen molar-refractivity contribution in [3.05, 3.63) is 89.0 Å². The van der Waals surface area contributed by atoms with Gasteiger partial charge in [-0.3, -0.25) is 14.4 Å². The third-order valence-corrected chi connectivity index (χ3v) is 9.91. The maximum Gasteiger partial charge on any atom is 0.321 e. The second-order valence-corrected chi connectivity index (χ2v) is 13.0. The number of hydrogen-bond acceptors (Lipinski definition) is 4. The molecule has 0 radical (unpaired) electrons. The first-order chi connectivity index (χ1) is 20.8. The molecule has 46 heavy (non-hydrogen) atoms. The molecule has 1 saturated heterocycles. The molecule has 2 heterocycles. The highest BCUT2D eigenvalue weighted by molar-refractivity contribution is 5.86. The number of halogens is 4. The zero-order valence-corrected chi connectivity index (χ0v) is 30.0. The lowest BCUT2D eigenvalue weighted by atomic mass is 9.87. The molecule has 2 aliphatic rings. The molecule has 1 N–H and O–H groups in total. The van der Waals surface area contributed by atoms with Crippen molar-refractivity contribution in [2.75, 3.05) is 26.2 Å². The first kappa shape index (κ1) is 40.0. The maximum absolute atomic E-state index is 14.4. The Kier molecular flexibility index (Phi) is 16.0. The average molecular weight is 698 g/mol. The molecule has 1 aromatic heterocycles. The molecule has 1 saturated carbocycles. The van der Waals surface area contributed by atoms with Crippen LogP contribution in [0.1, 0.15) is 87.7 Å². The Balaban J connectivity index is 0.00000245. The van der Waals surface area contributed by atoms with Crippen LogP contribution in [0.3, 0.4) is 0 Å². The molecular weight excluding hydrogens is 646 g/mol. The average Bonchev–Trinajstić information content (AvgIpc) is 3.60. The highest BCUT2D eigenvalue weighted by Crippen LogP contribution is 2.44. The van der Waals surface area contributed by atoms with Crippen LogP contribution in [-0.2, 0) is 17.8 Å². The van der Waals surface area contributed by atoms with E-state index in [9.17, 15) is 14.3 Å². The number of aromatic nitrogens is 2. The van der Waals surface area contributed by atoms with Gasteiger partial charge < -0.3 is 10.0 Å². The van der Waals surface area contributed by atoms with E-state index in [1.54, 1.807) is 6.07 Å². The van der Waals surface area contributed by atoms with Crippen LogP contribution in [0.15, 0.2) is 60.7 Å². The molecule has 1 aliphatic heterocycles. The number of aryl methyl sites for hydroxylation is 1. The fourth-order valence-electron chi connectivity index (χ4n) is 7.91. The predicted molar refractivity (Wildman–Crippen MR) is 192 cm³/mol. The third kappa shape index (κ3) is 9.47. The molecule has 6 nitrogen and oxygen atoms in total. The number of likely N-dealkylation sites (N-methyl/N-ethyl adjacent to an activating group) is 1. The minimum Gasteiger partial charge on any atom is -0.480 e. The standard InChI is InChI=1S/C36H49FN4O2.3ClH/c1-5-40(35(25(3)4)36(42)43)32-21-29(33(23-32)28-13-10-14-30(37)20-28)24-39-17-15-27(16-18-39)34-22-31(38-41(34)6-2)19-26-11-8-7-9-12-26;;;/h7-14,20,22,25,27,29,32-33,35H,5-6,15-19,21,23-24H2,1-4H3,(H,42,43);3*1H/t29?,32?,33?,35-;;;/m1.../s1. The Morgan fingerprint density at radius 3 is 2.28 bits per heavy atom. The topological polar surface area (TPSA) is 61.6 Å². The quantitative estimate of drug-likeness (QED) is 0.208. The second-order valence-electron chi connectivity index (χ2n) is 13.0. The van der Waals surface area contributed by atoms with Crippen LogP contribution in [0.4, 0.5) is 4.39 Å². The Morgan fingerprint density at radius 2 is 1.70 bits per heavy atom. The van der Waals surface area contributed by atoms with Gasteiger partial charge in [0.25, 0.3) is 0 Å². The van der Waals surface area contributed by atoms with Gasteiger partial charge in [-0.25, -0.2) is 4.39 Å². The minimum atomic E-state index is -0.747. The molecule has 1 aliphatic carbocycles. The molecule has 2 fully saturated rings. The molecule has 2 aromatic carbocycles. The summed E-state index contributed by atoms with van der Waals surface area (Å²) in [6, 6.07) is 19.6. The summed E-state index contributed by atoms with van der Waals surface area (Å²) in [6.45, 7) is 12.9. The van der Waals surface area contributed by atoms with Crippen LogP contribution in [0, 0.1) is 17.7 Å². The van der Waals surface area contributed by atoms with E-state index >= 15 is 0 Å². The molecular formula is C36H52Cl3FN4O2. The second kappa shape index (κ2) is 18.4. The molecule has 3 unspecified atom stereocenters. The van der Waals surface area contributed by atoms with Crippen LogP contribution in [-0.4, -0.2) is 68.9 Å². The van der Waals surface area contributed by atoms with Gasteiger partial charge in [-0.2, -0.15) is 5.10 Å². The van der Waals surface area contributed by atoms with Crippen molar-refractivity contribution in [3.8, 4) is 0 Å². The number of likely N-dealkylation sites (tertiary alicyclic amines) is 1. The van der Waals surface area contributed by atoms with Crippen LogP contribution < -0.4 is 0 Å². The van der Waals surface area contributed by atoms with Gasteiger partial charge in [0.1, 0.15) is 11.9 Å². The SMILES string of the molecule is CCN(C1CC(CN2CCC(c3cc(Cc4ccccc4)nn3CC)CC2)C(c2cccc(F)c2)C1)[C@@H](C(=O)O)C(C)C.Cl.Cl.Cl. The van der Waals surface area contributed by atoms with Crippen molar-refractivity contribution in [3.63, 3.8) is 0 Å². The number of benzene rings is 2. The van der Waals surface area contributed by atoms with Gasteiger partial charge in [-0.05, 0) is 99.3 Å². The zero-order valence-electron chi connectivity index (χ0n) is 27.6. The first-order valence-electron chi connectivity index (χ1n) is 16.3. The summed E-state index contributed by atoms with van der Waals surface area (Å²) in [5.41, 5.74) is 4.84. The maximum atomic E-state index is 14.4. The zero-order chi connectivity index (χ0) is 30.5. The molecule has 256 valence electrons. The molecule has 0 amide bonds. The van der Waals surface area contributed by atoms with Crippen LogP contribution >= 0.6 is 37.2 Å². The molecule has 10 heteroatoms. The van der Waals surface area contributed by atoms with Crippen molar-refractivity contribution < 1.29 is 14.3 Å². The normalized spacial score (nSPS) is 21.0. The number of rotatable bonds is 12. The number of hydrogen-bond donors (Lipinski definition) is 1. The Hall–Kier alpha value is -2.16. The van der Waals surface area contributed by atoms with E-state index in [0.717, 1.165) is 69.5 Å². The lowest BCUT2D eigenvalue weighted by Crippen LogP contribution is -2.49. The number of carbonyl (C=O) groups is 1. The smallest absolute Gasteiger partial charge is 0.321 e. The summed E-state index contributed by atoms with van der Waals surface area (Å²) in [6.07, 6.45) is 4.88. The third-order valence-electron chi connectivity index (χ3n) is 9.91. The lowest BCUT2D eigenvalue weighted by molar-refractivity contribution is -0.146. The molecule has 5 rings (SSSR count). The minimum absolute atomic E-state index is 0. The molecule has 4 atom stereocenters. The highest BCUT2D eigenvalue weighted by atomic mass is 35.5. The van der Waals surface area contributed by atoms with Crippen molar-refractivity contribution >= 4 is 43.2 Å². The number of carboxylic acids is 1. The van der Waals surface area contributed by atoms with E-state index in [1.165, 1.54) is 17.3 Å². The van der Waals surface area contributed by atoms with E-state index < -0.39 is 12.0 Å². The van der Waals surface area contributed by atoms with E-state index in [2.05, 4.69) is 70.8 Å². The van der Waals surface area contributed by atoms with E-state index in [0.29, 0.717) is 18.4 Å². The summed E-state index contributed by atoms with van der Waals surface area (Å²) in [5, 5.41) is 15.0. The first-order valence-corrected chi connectivity index (χ1v) is 16.3. The van der Waals surface area contributed by atoms with Gasteiger partial charge in [-0.1, -0.05) is 63.2 Å². The number of nitrogens with zero attached hydrogens (tertiary/aromatic N) is 4. The van der Waals surface area contributed by atoms with E-state index in [4.69, 9.17) is 5.10 Å². The van der Waals surface area contributed by atoms with E-state index in [-0.39, 0.29) is 60.9 Å². The summed E-state index contributed by atoms with van der Waals surface area (Å²) in [5.74, 6) is 0.156. The number of piperidine rings is 1. The van der Waals surface area contributed by atoms with Gasteiger partial charge in [0.05, 0.1) is 5.69 Å². The van der Waals surface area contributed by atoms with Gasteiger partial charge in [0, 0.05) is 37.2 Å². The largest absolute Gasteiger partial charge is 0.480 e. The molecule has 0 bridgehead atoms. The van der Waals surface area contributed by atoms with Crippen LogP contribution in [0.5, 0.6) is 0 Å². The van der Waals surface area contributed by atoms with Crippen LogP contribution in [0.2, 0.25) is 0 Å². The number of aliphatic carboxylic acids is 1. The van der Waals surface area contributed by atoms with Gasteiger partial charge in [-0.15, -0.1) is 37.2 Å². The van der Waals surface area contributed by atoms with Crippen molar-refractivity contribution in [1.29, 1.82) is 0 Å². The molecule has 3 aromatic rings. The summed E-state index contributed by atoms with van der Waals surface area (Å²) < 4.78 is 16.6. The van der Waals surface area contributed by atoms with Crippen LogP contribution in [0.25, 0.3) is 0 Å². The fourth-order valence-corrected chi connectivity index (χ4v) is 7.91. The fraction of sp³-hybridized carbons (Fsp3) is 0.556. The summed E-state index contributed by atoms with van der Waals surface area (Å²) in [7, 11) is 0. The molecule has 0 spiro atoms. The lowest BCUT2D eigenvalue weighted by Gasteiger charge is -2.36. The van der Waals surface area contributed by atoms with Gasteiger partial charge in [0.15, 0.2) is 0 Å². The van der Waals surface area contributed by atoms with Crippen molar-refractivity contribution in [1.82, 2.24) is 19.6 Å². The van der Waals surface area contributed by atoms with E-state index in [1.807, 2.05) is 19.9 Å². The van der Waals surface area contributed by atoms with Crippen molar-refractivity contribution in [2.24, 2.45) is 11.8 Å².